The summed E-state index contributed by atoms with van der Waals surface area (Å²) in [6.07, 6.45) is 4.93. The van der Waals surface area contributed by atoms with Crippen molar-refractivity contribution in [1.29, 1.82) is 0 Å². The van der Waals surface area contributed by atoms with Gasteiger partial charge in [-0.1, -0.05) is 20.3 Å². The smallest absolute Gasteiger partial charge is 0.189 e. The molecule has 1 rings (SSSR count). The molecule has 3 heteroatoms. The first-order valence-corrected chi connectivity index (χ1v) is 5.99. The average Bonchev–Trinajstić information content (AvgIpc) is 1.99. The van der Waals surface area contributed by atoms with Crippen LogP contribution in [0, 0.1) is 5.41 Å². The molecule has 0 spiro atoms. The van der Waals surface area contributed by atoms with E-state index in [1.807, 2.05) is 0 Å². The van der Waals surface area contributed by atoms with Crippen LogP contribution < -0.4 is 11.1 Å². The maximum absolute atomic E-state index is 5.83. The second-order valence-electron chi connectivity index (χ2n) is 5.73. The van der Waals surface area contributed by atoms with E-state index in [2.05, 4.69) is 38.0 Å². The van der Waals surface area contributed by atoms with E-state index in [1.54, 1.807) is 0 Å². The van der Waals surface area contributed by atoms with Crippen molar-refractivity contribution in [3.05, 3.63) is 0 Å². The van der Waals surface area contributed by atoms with Crippen LogP contribution in [0.3, 0.4) is 0 Å². The first kappa shape index (κ1) is 12.3. The lowest BCUT2D eigenvalue weighted by Gasteiger charge is -2.33. The van der Waals surface area contributed by atoms with Crippen molar-refractivity contribution in [2.75, 3.05) is 0 Å². The third-order valence-corrected chi connectivity index (χ3v) is 2.94. The quantitative estimate of drug-likeness (QED) is 0.544. The summed E-state index contributed by atoms with van der Waals surface area (Å²) < 4.78 is 0. The summed E-state index contributed by atoms with van der Waals surface area (Å²) in [7, 11) is 0. The molecule has 3 nitrogen and oxygen atoms in total. The van der Waals surface area contributed by atoms with Crippen molar-refractivity contribution >= 4 is 5.96 Å². The third kappa shape index (κ3) is 4.54. The molecule has 0 aromatic carbocycles. The molecule has 0 bridgehead atoms. The Morgan fingerprint density at radius 3 is 2.67 bits per heavy atom. The van der Waals surface area contributed by atoms with Crippen molar-refractivity contribution in [1.82, 2.24) is 5.32 Å². The lowest BCUT2D eigenvalue weighted by atomic mass is 9.75. The van der Waals surface area contributed by atoms with E-state index in [-0.39, 0.29) is 0 Å². The number of hydrogen-bond donors (Lipinski definition) is 2. The Kier molecular flexibility index (Phi) is 4.00. The van der Waals surface area contributed by atoms with Crippen molar-refractivity contribution in [2.24, 2.45) is 16.1 Å². The van der Waals surface area contributed by atoms with E-state index < -0.39 is 0 Å². The molecule has 3 N–H and O–H groups in total. The fourth-order valence-corrected chi connectivity index (χ4v) is 2.30. The molecule has 1 saturated carbocycles. The Morgan fingerprint density at radius 1 is 1.47 bits per heavy atom. The fourth-order valence-electron chi connectivity index (χ4n) is 2.30. The molecule has 1 fully saturated rings. The summed E-state index contributed by atoms with van der Waals surface area (Å²) in [4.78, 5) is 4.56. The summed E-state index contributed by atoms with van der Waals surface area (Å²) in [6.45, 7) is 8.79. The van der Waals surface area contributed by atoms with Gasteiger partial charge in [-0.25, -0.2) is 0 Å². The molecule has 1 aliphatic rings. The topological polar surface area (TPSA) is 50.4 Å². The van der Waals surface area contributed by atoms with Gasteiger partial charge in [0.05, 0.1) is 6.04 Å². The van der Waals surface area contributed by atoms with E-state index >= 15 is 0 Å². The van der Waals surface area contributed by atoms with Crippen LogP contribution in [0.5, 0.6) is 0 Å². The molecule has 15 heavy (non-hydrogen) atoms. The zero-order valence-electron chi connectivity index (χ0n) is 10.5. The minimum atomic E-state index is 0.366. The summed E-state index contributed by atoms with van der Waals surface area (Å²) in [5.74, 6) is 0.604. The highest BCUT2D eigenvalue weighted by Crippen LogP contribution is 2.36. The van der Waals surface area contributed by atoms with Crippen molar-refractivity contribution < 1.29 is 0 Å². The van der Waals surface area contributed by atoms with Crippen molar-refractivity contribution in [2.45, 2.75) is 65.5 Å². The number of nitrogens with zero attached hydrogens (tertiary/aromatic N) is 1. The zero-order chi connectivity index (χ0) is 11.5. The second kappa shape index (κ2) is 4.86. The van der Waals surface area contributed by atoms with Crippen molar-refractivity contribution in [3.63, 3.8) is 0 Å². The fraction of sp³-hybridized carbons (Fsp3) is 0.917. The van der Waals surface area contributed by atoms with Gasteiger partial charge in [0.1, 0.15) is 0 Å². The summed E-state index contributed by atoms with van der Waals surface area (Å²) in [5, 5.41) is 3.15. The molecule has 1 unspecified atom stereocenters. The summed E-state index contributed by atoms with van der Waals surface area (Å²) in [6, 6.07) is 0.783. The normalized spacial score (nSPS) is 26.7. The van der Waals surface area contributed by atoms with Gasteiger partial charge in [0.2, 0.25) is 0 Å². The molecular weight excluding hydrogens is 186 g/mol. The zero-order valence-corrected chi connectivity index (χ0v) is 10.5. The number of aliphatic imine (C=N–C) groups is 1. The maximum atomic E-state index is 5.83. The van der Waals surface area contributed by atoms with Crippen LogP contribution in [0.4, 0.5) is 0 Å². The number of rotatable bonds is 2. The second-order valence-corrected chi connectivity index (χ2v) is 5.73. The molecular formula is C12H25N3. The first-order valence-electron chi connectivity index (χ1n) is 5.99. The van der Waals surface area contributed by atoms with Gasteiger partial charge in [-0.2, -0.15) is 0 Å². The van der Waals surface area contributed by atoms with Gasteiger partial charge in [-0.3, -0.25) is 4.99 Å². The first-order chi connectivity index (χ1) is 6.89. The van der Waals surface area contributed by atoms with Crippen LogP contribution in [-0.2, 0) is 0 Å². The number of hydrogen-bond acceptors (Lipinski definition) is 1. The molecule has 0 aromatic heterocycles. The maximum Gasteiger partial charge on any atom is 0.189 e. The molecule has 0 aromatic rings. The Bertz CT molecular complexity index is 231. The van der Waals surface area contributed by atoms with Crippen LogP contribution in [0.25, 0.3) is 0 Å². The molecule has 1 aliphatic carbocycles. The highest BCUT2D eigenvalue weighted by atomic mass is 15.1. The van der Waals surface area contributed by atoms with Crippen molar-refractivity contribution in [3.8, 4) is 0 Å². The Balaban J connectivity index is 2.50. The number of guanidine groups is 1. The van der Waals surface area contributed by atoms with Gasteiger partial charge >= 0.3 is 0 Å². The SMILES string of the molecule is CC(C)NC(N)=NC1CCCC(C)(C)C1. The minimum absolute atomic E-state index is 0.366. The molecule has 0 heterocycles. The molecule has 0 saturated heterocycles. The highest BCUT2D eigenvalue weighted by molar-refractivity contribution is 5.78. The predicted molar refractivity (Wildman–Crippen MR) is 65.9 cm³/mol. The van der Waals surface area contributed by atoms with Gasteiger partial charge in [0.25, 0.3) is 0 Å². The molecule has 0 amide bonds. The van der Waals surface area contributed by atoms with Gasteiger partial charge < -0.3 is 11.1 Å². The Hall–Kier alpha value is -0.730. The molecule has 88 valence electrons. The van der Waals surface area contributed by atoms with Gasteiger partial charge in [0, 0.05) is 6.04 Å². The monoisotopic (exact) mass is 211 g/mol. The van der Waals surface area contributed by atoms with Crippen LogP contribution in [0.15, 0.2) is 4.99 Å². The molecule has 0 aliphatic heterocycles. The predicted octanol–water partition coefficient (Wildman–Crippen LogP) is 2.27. The standard InChI is InChI=1S/C12H25N3/c1-9(2)14-11(13)15-10-6-5-7-12(3,4)8-10/h9-10H,5-8H2,1-4H3,(H3,13,14,15). The van der Waals surface area contributed by atoms with Crippen LogP contribution >= 0.6 is 0 Å². The minimum Gasteiger partial charge on any atom is -0.370 e. The summed E-state index contributed by atoms with van der Waals surface area (Å²) >= 11 is 0. The lowest BCUT2D eigenvalue weighted by Crippen LogP contribution is -2.38. The van der Waals surface area contributed by atoms with E-state index in [0.717, 1.165) is 6.42 Å². The number of nitrogens with one attached hydrogen (secondary N) is 1. The van der Waals surface area contributed by atoms with Crippen LogP contribution in [0.2, 0.25) is 0 Å². The largest absolute Gasteiger partial charge is 0.370 e. The van der Waals surface area contributed by atoms with E-state index in [0.29, 0.717) is 23.5 Å². The van der Waals surface area contributed by atoms with Crippen LogP contribution in [-0.4, -0.2) is 18.0 Å². The Morgan fingerprint density at radius 2 is 2.13 bits per heavy atom. The van der Waals surface area contributed by atoms with Crippen LogP contribution in [0.1, 0.15) is 53.4 Å². The van der Waals surface area contributed by atoms with Gasteiger partial charge in [-0.15, -0.1) is 0 Å². The molecule has 1 atom stereocenters. The lowest BCUT2D eigenvalue weighted by molar-refractivity contribution is 0.221. The third-order valence-electron chi connectivity index (χ3n) is 2.94. The molecule has 0 radical (unpaired) electrons. The highest BCUT2D eigenvalue weighted by Gasteiger charge is 2.27. The van der Waals surface area contributed by atoms with Gasteiger partial charge in [-0.05, 0) is 38.5 Å². The number of nitrogens with two attached hydrogens (primary N) is 1. The van der Waals surface area contributed by atoms with Gasteiger partial charge in [0.15, 0.2) is 5.96 Å². The average molecular weight is 211 g/mol. The van der Waals surface area contributed by atoms with E-state index in [9.17, 15) is 0 Å². The van der Waals surface area contributed by atoms with E-state index in [4.69, 9.17) is 5.73 Å². The van der Waals surface area contributed by atoms with E-state index in [1.165, 1.54) is 19.3 Å². The Labute approximate surface area is 93.5 Å². The summed E-state index contributed by atoms with van der Waals surface area (Å²) in [5.41, 5.74) is 6.27.